The van der Waals surface area contributed by atoms with Gasteiger partial charge in [0.25, 0.3) is 0 Å². The van der Waals surface area contributed by atoms with Gasteiger partial charge in [-0.25, -0.2) is 0 Å². The lowest BCUT2D eigenvalue weighted by Crippen LogP contribution is -2.40. The second kappa shape index (κ2) is 17.3. The highest BCUT2D eigenvalue weighted by atomic mass is 127. The highest BCUT2D eigenvalue weighted by Crippen LogP contribution is 2.07. The van der Waals surface area contributed by atoms with Crippen molar-refractivity contribution in [1.29, 1.82) is 0 Å². The lowest BCUT2D eigenvalue weighted by Gasteiger charge is -2.25. The largest absolute Gasteiger partial charge is 0.385 e. The van der Waals surface area contributed by atoms with Crippen LogP contribution in [0.15, 0.2) is 35.3 Å². The summed E-state index contributed by atoms with van der Waals surface area (Å²) in [6, 6.07) is 11.2. The Hall–Kier alpha value is -0.860. The molecule has 0 heterocycles. The molecule has 0 saturated heterocycles. The molecular weight excluding hydrogens is 451 g/mol. The third kappa shape index (κ3) is 13.0. The SMILES string of the molecule is CCNC(=NCCCCCOC)NCCC(C)N(C)Cc1ccccc1.I. The fraction of sp³-hybridized carbons (Fsp3) is 0.667. The second-order valence-corrected chi connectivity index (χ2v) is 6.78. The van der Waals surface area contributed by atoms with Crippen LogP contribution >= 0.6 is 24.0 Å². The van der Waals surface area contributed by atoms with E-state index in [2.05, 4.69) is 71.8 Å². The van der Waals surface area contributed by atoms with Crippen LogP contribution in [0, 0.1) is 0 Å². The molecule has 1 unspecified atom stereocenters. The first-order chi connectivity index (χ1) is 12.7. The van der Waals surface area contributed by atoms with Crippen molar-refractivity contribution >= 4 is 29.9 Å². The normalized spacial score (nSPS) is 12.6. The Morgan fingerprint density at radius 2 is 1.89 bits per heavy atom. The van der Waals surface area contributed by atoms with E-state index in [1.165, 1.54) is 5.56 Å². The Morgan fingerprint density at radius 3 is 2.56 bits per heavy atom. The first kappa shape index (κ1) is 26.1. The Bertz CT molecular complexity index is 484. The fourth-order valence-corrected chi connectivity index (χ4v) is 2.71. The molecule has 156 valence electrons. The van der Waals surface area contributed by atoms with E-state index in [-0.39, 0.29) is 24.0 Å². The van der Waals surface area contributed by atoms with Crippen LogP contribution in [0.4, 0.5) is 0 Å². The van der Waals surface area contributed by atoms with E-state index in [1.54, 1.807) is 7.11 Å². The minimum Gasteiger partial charge on any atom is -0.385 e. The summed E-state index contributed by atoms with van der Waals surface area (Å²) in [6.45, 7) is 8.89. The van der Waals surface area contributed by atoms with E-state index in [0.717, 1.165) is 64.4 Å². The Morgan fingerprint density at radius 1 is 1.15 bits per heavy atom. The van der Waals surface area contributed by atoms with Gasteiger partial charge < -0.3 is 15.4 Å². The van der Waals surface area contributed by atoms with Crippen LogP contribution in [0.3, 0.4) is 0 Å². The van der Waals surface area contributed by atoms with Crippen LogP contribution in [-0.4, -0.2) is 57.3 Å². The van der Waals surface area contributed by atoms with E-state index >= 15 is 0 Å². The Labute approximate surface area is 183 Å². The predicted molar refractivity (Wildman–Crippen MR) is 127 cm³/mol. The molecule has 1 aromatic carbocycles. The maximum Gasteiger partial charge on any atom is 0.191 e. The van der Waals surface area contributed by atoms with Crippen LogP contribution in [-0.2, 0) is 11.3 Å². The average Bonchev–Trinajstić information content (AvgIpc) is 2.65. The molecule has 0 spiro atoms. The van der Waals surface area contributed by atoms with Crippen molar-refractivity contribution in [3.05, 3.63) is 35.9 Å². The summed E-state index contributed by atoms with van der Waals surface area (Å²) in [5, 5.41) is 6.79. The van der Waals surface area contributed by atoms with Gasteiger partial charge in [-0.2, -0.15) is 0 Å². The molecule has 0 bridgehead atoms. The number of hydrogen-bond acceptors (Lipinski definition) is 3. The molecule has 2 N–H and O–H groups in total. The summed E-state index contributed by atoms with van der Waals surface area (Å²) < 4.78 is 5.08. The van der Waals surface area contributed by atoms with Gasteiger partial charge in [0, 0.05) is 45.9 Å². The first-order valence-corrected chi connectivity index (χ1v) is 9.92. The van der Waals surface area contributed by atoms with Crippen molar-refractivity contribution in [3.63, 3.8) is 0 Å². The molecule has 0 aliphatic heterocycles. The zero-order valence-electron chi connectivity index (χ0n) is 17.5. The van der Waals surface area contributed by atoms with Gasteiger partial charge in [-0.1, -0.05) is 30.3 Å². The van der Waals surface area contributed by atoms with Gasteiger partial charge in [-0.15, -0.1) is 24.0 Å². The number of unbranched alkanes of at least 4 members (excludes halogenated alkanes) is 2. The van der Waals surface area contributed by atoms with Gasteiger partial charge >= 0.3 is 0 Å². The molecule has 0 amide bonds. The molecule has 0 aliphatic rings. The number of methoxy groups -OCH3 is 1. The van der Waals surface area contributed by atoms with Crippen LogP contribution in [0.1, 0.15) is 45.1 Å². The van der Waals surface area contributed by atoms with Crippen molar-refractivity contribution in [2.24, 2.45) is 4.99 Å². The topological polar surface area (TPSA) is 48.9 Å². The lowest BCUT2D eigenvalue weighted by molar-refractivity contribution is 0.192. The molecule has 6 heteroatoms. The minimum atomic E-state index is 0. The molecule has 5 nitrogen and oxygen atoms in total. The van der Waals surface area contributed by atoms with Crippen molar-refractivity contribution in [1.82, 2.24) is 15.5 Å². The van der Waals surface area contributed by atoms with Crippen molar-refractivity contribution < 1.29 is 4.74 Å². The molecule has 0 radical (unpaired) electrons. The second-order valence-electron chi connectivity index (χ2n) is 6.78. The minimum absolute atomic E-state index is 0. The zero-order valence-corrected chi connectivity index (χ0v) is 19.9. The highest BCUT2D eigenvalue weighted by Gasteiger charge is 2.09. The number of hydrogen-bond donors (Lipinski definition) is 2. The number of benzene rings is 1. The van der Waals surface area contributed by atoms with E-state index in [1.807, 2.05) is 0 Å². The van der Waals surface area contributed by atoms with Gasteiger partial charge in [0.1, 0.15) is 0 Å². The van der Waals surface area contributed by atoms with Crippen LogP contribution in [0.2, 0.25) is 0 Å². The van der Waals surface area contributed by atoms with Crippen molar-refractivity contribution in [2.45, 2.75) is 52.1 Å². The Kier molecular flexibility index (Phi) is 16.7. The number of nitrogens with one attached hydrogen (secondary N) is 2. The maximum absolute atomic E-state index is 5.08. The Balaban J connectivity index is 0.00000676. The molecule has 0 fully saturated rings. The molecule has 27 heavy (non-hydrogen) atoms. The molecule has 0 saturated carbocycles. The molecule has 1 rings (SSSR count). The molecule has 1 aromatic rings. The van der Waals surface area contributed by atoms with Gasteiger partial charge in [0.15, 0.2) is 5.96 Å². The molecule has 0 aliphatic carbocycles. The quantitative estimate of drug-likeness (QED) is 0.191. The summed E-state index contributed by atoms with van der Waals surface area (Å²) >= 11 is 0. The van der Waals surface area contributed by atoms with Crippen molar-refractivity contribution in [3.8, 4) is 0 Å². The molecule has 0 aromatic heterocycles. The van der Waals surface area contributed by atoms with Crippen molar-refractivity contribution in [2.75, 3.05) is 40.4 Å². The lowest BCUT2D eigenvalue weighted by atomic mass is 10.1. The first-order valence-electron chi connectivity index (χ1n) is 9.92. The molecule has 1 atom stereocenters. The number of guanidine groups is 1. The third-order valence-corrected chi connectivity index (χ3v) is 4.50. The van der Waals surface area contributed by atoms with E-state index in [0.29, 0.717) is 6.04 Å². The summed E-state index contributed by atoms with van der Waals surface area (Å²) in [4.78, 5) is 7.06. The summed E-state index contributed by atoms with van der Waals surface area (Å²) in [6.07, 6.45) is 4.47. The summed E-state index contributed by atoms with van der Waals surface area (Å²) in [5.41, 5.74) is 1.36. The van der Waals surface area contributed by atoms with Gasteiger partial charge in [0.2, 0.25) is 0 Å². The monoisotopic (exact) mass is 490 g/mol. The third-order valence-electron chi connectivity index (χ3n) is 4.50. The highest BCUT2D eigenvalue weighted by molar-refractivity contribution is 14.0. The summed E-state index contributed by atoms with van der Waals surface area (Å²) in [5.74, 6) is 0.928. The molecular formula is C21H39IN4O. The van der Waals surface area contributed by atoms with E-state index in [9.17, 15) is 0 Å². The summed E-state index contributed by atoms with van der Waals surface area (Å²) in [7, 11) is 3.95. The van der Waals surface area contributed by atoms with Crippen LogP contribution in [0.5, 0.6) is 0 Å². The fourth-order valence-electron chi connectivity index (χ4n) is 2.71. The van der Waals surface area contributed by atoms with Gasteiger partial charge in [-0.05, 0) is 52.1 Å². The number of rotatable bonds is 13. The zero-order chi connectivity index (χ0) is 19.0. The van der Waals surface area contributed by atoms with E-state index < -0.39 is 0 Å². The van der Waals surface area contributed by atoms with Crippen LogP contribution < -0.4 is 10.6 Å². The number of ether oxygens (including phenoxy) is 1. The smallest absolute Gasteiger partial charge is 0.191 e. The number of halogens is 1. The average molecular weight is 490 g/mol. The number of aliphatic imine (C=N–C) groups is 1. The van der Waals surface area contributed by atoms with Gasteiger partial charge in [0.05, 0.1) is 0 Å². The van der Waals surface area contributed by atoms with E-state index in [4.69, 9.17) is 4.74 Å². The predicted octanol–water partition coefficient (Wildman–Crippen LogP) is 3.89. The van der Waals surface area contributed by atoms with Gasteiger partial charge in [-0.3, -0.25) is 9.89 Å². The van der Waals surface area contributed by atoms with Crippen LogP contribution in [0.25, 0.3) is 0 Å². The maximum atomic E-state index is 5.08. The number of nitrogens with zero attached hydrogens (tertiary/aromatic N) is 2. The standard InChI is InChI=1S/C21H38N4O.HI/c1-5-22-21(23-15-10-7-11-17-26-4)24-16-14-19(2)25(3)18-20-12-8-6-9-13-20;/h6,8-9,12-13,19H,5,7,10-11,14-18H2,1-4H3,(H2,22,23,24);1H.